The number of amidine groups is 1. The van der Waals surface area contributed by atoms with Crippen LogP contribution in [0.4, 0.5) is 0 Å². The van der Waals surface area contributed by atoms with Crippen LogP contribution < -0.4 is 0 Å². The fourth-order valence-corrected chi connectivity index (χ4v) is 0.634. The van der Waals surface area contributed by atoms with Gasteiger partial charge in [0.2, 0.25) is 0 Å². The Morgan fingerprint density at radius 1 is 1.57 bits per heavy atom. The molecular formula is C10H21N3O. The molecule has 0 aromatic heterocycles. The molecule has 14 heavy (non-hydrogen) atoms. The lowest BCUT2D eigenvalue weighted by Crippen LogP contribution is -2.26. The lowest BCUT2D eigenvalue weighted by Gasteiger charge is -2.19. The molecule has 0 bridgehead atoms. The minimum Gasteiger partial charge on any atom is -0.377 e. The molecule has 0 heterocycles. The molecule has 0 spiro atoms. The summed E-state index contributed by atoms with van der Waals surface area (Å²) < 4.78 is 4.84. The maximum Gasteiger partial charge on any atom is 0.143 e. The number of hydrogen-bond donors (Lipinski definition) is 1. The van der Waals surface area contributed by atoms with Gasteiger partial charge in [-0.25, -0.2) is 0 Å². The van der Waals surface area contributed by atoms with Gasteiger partial charge in [0.1, 0.15) is 12.4 Å². The lowest BCUT2D eigenvalue weighted by molar-refractivity contribution is 0.233. The van der Waals surface area contributed by atoms with Crippen LogP contribution in [0.25, 0.3) is 0 Å². The number of rotatable bonds is 5. The van der Waals surface area contributed by atoms with Crippen molar-refractivity contribution in [3.05, 3.63) is 0 Å². The molecule has 0 aromatic carbocycles. The quantitative estimate of drug-likeness (QED) is 0.418. The minimum atomic E-state index is 0.0849. The second-order valence-corrected chi connectivity index (χ2v) is 3.99. The standard InChI is InChI=1S/C10H21N3O/c1-6-10(2,3)8-12-13(4)9(11)7-14-5/h8,11H,6-7H2,1-5H3/b11-9?,12-8+. The first kappa shape index (κ1) is 13.1. The van der Waals surface area contributed by atoms with Crippen molar-refractivity contribution in [1.29, 1.82) is 5.41 Å². The van der Waals surface area contributed by atoms with Crippen molar-refractivity contribution < 1.29 is 4.74 Å². The molecular weight excluding hydrogens is 178 g/mol. The zero-order valence-corrected chi connectivity index (χ0v) is 9.79. The zero-order valence-electron chi connectivity index (χ0n) is 9.79. The average Bonchev–Trinajstić information content (AvgIpc) is 2.15. The van der Waals surface area contributed by atoms with Gasteiger partial charge in [-0.2, -0.15) is 5.10 Å². The van der Waals surface area contributed by atoms with E-state index in [4.69, 9.17) is 10.1 Å². The van der Waals surface area contributed by atoms with Crippen LogP contribution in [0.3, 0.4) is 0 Å². The summed E-state index contributed by atoms with van der Waals surface area (Å²) in [6.45, 7) is 6.64. The Hall–Kier alpha value is -0.900. The fourth-order valence-electron chi connectivity index (χ4n) is 0.634. The molecule has 1 N–H and O–H groups in total. The summed E-state index contributed by atoms with van der Waals surface area (Å²) in [6.07, 6.45) is 2.90. The average molecular weight is 199 g/mol. The molecule has 0 aliphatic carbocycles. The Morgan fingerprint density at radius 2 is 2.14 bits per heavy atom. The van der Waals surface area contributed by atoms with E-state index >= 15 is 0 Å². The van der Waals surface area contributed by atoms with E-state index in [1.807, 2.05) is 6.21 Å². The van der Waals surface area contributed by atoms with Crippen molar-refractivity contribution in [2.75, 3.05) is 20.8 Å². The Kier molecular flexibility index (Phi) is 5.38. The summed E-state index contributed by atoms with van der Waals surface area (Å²) in [6, 6.07) is 0. The Morgan fingerprint density at radius 3 is 2.57 bits per heavy atom. The van der Waals surface area contributed by atoms with Gasteiger partial charge < -0.3 is 4.74 Å². The SMILES string of the molecule is CCC(C)(C)/C=N/N(C)C(=N)COC. The number of likely N-dealkylation sites (N-methyl/N-ethyl adjacent to an activating group) is 1. The van der Waals surface area contributed by atoms with Gasteiger partial charge in [-0.3, -0.25) is 10.4 Å². The number of ether oxygens (including phenoxy) is 1. The summed E-state index contributed by atoms with van der Waals surface area (Å²) in [5, 5.41) is 13.3. The second kappa shape index (κ2) is 5.75. The highest BCUT2D eigenvalue weighted by molar-refractivity contribution is 5.81. The van der Waals surface area contributed by atoms with Crippen molar-refractivity contribution in [2.24, 2.45) is 10.5 Å². The van der Waals surface area contributed by atoms with Gasteiger partial charge in [0.25, 0.3) is 0 Å². The van der Waals surface area contributed by atoms with Gasteiger partial charge >= 0.3 is 0 Å². The molecule has 0 saturated heterocycles. The first-order valence-electron chi connectivity index (χ1n) is 4.78. The van der Waals surface area contributed by atoms with Crippen LogP contribution in [0.2, 0.25) is 0 Å². The highest BCUT2D eigenvalue weighted by Crippen LogP contribution is 2.16. The highest BCUT2D eigenvalue weighted by atomic mass is 16.5. The van der Waals surface area contributed by atoms with Crippen LogP contribution in [-0.2, 0) is 4.74 Å². The molecule has 0 atom stereocenters. The topological polar surface area (TPSA) is 48.7 Å². The van der Waals surface area contributed by atoms with E-state index in [1.165, 1.54) is 5.01 Å². The minimum absolute atomic E-state index is 0.0849. The molecule has 0 unspecified atom stereocenters. The van der Waals surface area contributed by atoms with Gasteiger partial charge in [-0.1, -0.05) is 20.8 Å². The first-order valence-corrected chi connectivity index (χ1v) is 4.78. The van der Waals surface area contributed by atoms with Crippen molar-refractivity contribution >= 4 is 12.1 Å². The molecule has 0 fully saturated rings. The summed E-state index contributed by atoms with van der Waals surface area (Å²) in [4.78, 5) is 0. The van der Waals surface area contributed by atoms with E-state index in [0.29, 0.717) is 12.4 Å². The summed E-state index contributed by atoms with van der Waals surface area (Å²) in [7, 11) is 3.33. The third-order valence-corrected chi connectivity index (χ3v) is 2.16. The molecule has 0 radical (unpaired) electrons. The Bertz CT molecular complexity index is 211. The van der Waals surface area contributed by atoms with Gasteiger partial charge in [-0.15, -0.1) is 0 Å². The molecule has 0 rings (SSSR count). The summed E-state index contributed by atoms with van der Waals surface area (Å²) in [5.41, 5.74) is 0.0849. The van der Waals surface area contributed by atoms with E-state index < -0.39 is 0 Å². The predicted octanol–water partition coefficient (Wildman–Crippen LogP) is 1.96. The van der Waals surface area contributed by atoms with Gasteiger partial charge in [-0.05, 0) is 6.42 Å². The Balaban J connectivity index is 4.17. The number of hydrazone groups is 1. The van der Waals surface area contributed by atoms with Crippen molar-refractivity contribution in [3.8, 4) is 0 Å². The second-order valence-electron chi connectivity index (χ2n) is 3.99. The molecule has 0 aromatic rings. The monoisotopic (exact) mass is 199 g/mol. The fraction of sp³-hybridized carbons (Fsp3) is 0.800. The Labute approximate surface area is 86.4 Å². The van der Waals surface area contributed by atoms with Crippen LogP contribution in [0.1, 0.15) is 27.2 Å². The molecule has 0 saturated carbocycles. The van der Waals surface area contributed by atoms with Crippen LogP contribution in [0.15, 0.2) is 5.10 Å². The van der Waals surface area contributed by atoms with E-state index in [0.717, 1.165) is 6.42 Å². The molecule has 0 aliphatic heterocycles. The third kappa shape index (κ3) is 4.97. The van der Waals surface area contributed by atoms with E-state index in [-0.39, 0.29) is 5.41 Å². The molecule has 82 valence electrons. The number of nitrogens with one attached hydrogen (secondary N) is 1. The number of nitrogens with zero attached hydrogens (tertiary/aromatic N) is 2. The predicted molar refractivity (Wildman–Crippen MR) is 59.9 cm³/mol. The van der Waals surface area contributed by atoms with E-state index in [9.17, 15) is 0 Å². The summed E-state index contributed by atoms with van der Waals surface area (Å²) in [5.74, 6) is 0.357. The van der Waals surface area contributed by atoms with E-state index in [2.05, 4.69) is 25.9 Å². The highest BCUT2D eigenvalue weighted by Gasteiger charge is 2.12. The number of methoxy groups -OCH3 is 1. The van der Waals surface area contributed by atoms with Gasteiger partial charge in [0, 0.05) is 25.8 Å². The van der Waals surface area contributed by atoms with Crippen LogP contribution in [0, 0.1) is 10.8 Å². The summed E-state index contributed by atoms with van der Waals surface area (Å²) >= 11 is 0. The zero-order chi connectivity index (χ0) is 11.2. The largest absolute Gasteiger partial charge is 0.377 e. The smallest absolute Gasteiger partial charge is 0.143 e. The molecule has 0 amide bonds. The van der Waals surface area contributed by atoms with Crippen LogP contribution in [-0.4, -0.2) is 37.8 Å². The van der Waals surface area contributed by atoms with Crippen LogP contribution >= 0.6 is 0 Å². The molecule has 0 aliphatic rings. The van der Waals surface area contributed by atoms with Crippen molar-refractivity contribution in [2.45, 2.75) is 27.2 Å². The lowest BCUT2D eigenvalue weighted by atomic mass is 9.92. The maximum atomic E-state index is 7.55. The van der Waals surface area contributed by atoms with E-state index in [1.54, 1.807) is 14.2 Å². The van der Waals surface area contributed by atoms with Crippen molar-refractivity contribution in [1.82, 2.24) is 5.01 Å². The molecule has 4 heteroatoms. The number of hydrogen-bond acceptors (Lipinski definition) is 3. The normalized spacial score (nSPS) is 12.1. The molecule has 4 nitrogen and oxygen atoms in total. The van der Waals surface area contributed by atoms with Crippen molar-refractivity contribution in [3.63, 3.8) is 0 Å². The first-order chi connectivity index (χ1) is 6.43. The van der Waals surface area contributed by atoms with Crippen LogP contribution in [0.5, 0.6) is 0 Å². The maximum absolute atomic E-state index is 7.55. The third-order valence-electron chi connectivity index (χ3n) is 2.16. The van der Waals surface area contributed by atoms with Gasteiger partial charge in [0.05, 0.1) is 0 Å². The van der Waals surface area contributed by atoms with Gasteiger partial charge in [0.15, 0.2) is 0 Å².